The first-order chi connectivity index (χ1) is 11.6. The predicted octanol–water partition coefficient (Wildman–Crippen LogP) is 2.77. The van der Waals surface area contributed by atoms with E-state index in [-0.39, 0.29) is 12.1 Å². The van der Waals surface area contributed by atoms with Gasteiger partial charge in [-0.1, -0.05) is 19.9 Å². The lowest BCUT2D eigenvalue weighted by molar-refractivity contribution is 0.187. The minimum absolute atomic E-state index is 0.00994. The van der Waals surface area contributed by atoms with Gasteiger partial charge in [-0.05, 0) is 23.4 Å². The van der Waals surface area contributed by atoms with Crippen molar-refractivity contribution in [3.8, 4) is 0 Å². The fourth-order valence-electron chi connectivity index (χ4n) is 2.82. The lowest BCUT2D eigenvalue weighted by atomic mass is 10.0. The smallest absolute Gasteiger partial charge is 0.318 e. The van der Waals surface area contributed by atoms with Gasteiger partial charge >= 0.3 is 6.03 Å². The molecule has 0 spiro atoms. The summed E-state index contributed by atoms with van der Waals surface area (Å²) < 4.78 is 0. The summed E-state index contributed by atoms with van der Waals surface area (Å²) in [5, 5.41) is 5.24. The number of hydrogen-bond acceptors (Lipinski definition) is 5. The Hall–Kier alpha value is -2.15. The van der Waals surface area contributed by atoms with Gasteiger partial charge in [-0.15, -0.1) is 11.3 Å². The molecule has 1 aliphatic heterocycles. The van der Waals surface area contributed by atoms with E-state index in [2.05, 4.69) is 45.5 Å². The van der Waals surface area contributed by atoms with Gasteiger partial charge in [0.15, 0.2) is 0 Å². The van der Waals surface area contributed by atoms with Crippen molar-refractivity contribution in [1.82, 2.24) is 20.2 Å². The third-order valence-electron chi connectivity index (χ3n) is 4.20. The van der Waals surface area contributed by atoms with E-state index in [0.717, 1.165) is 19.0 Å². The molecule has 2 amide bonds. The number of thiophene rings is 1. The zero-order chi connectivity index (χ0) is 16.9. The Balaban J connectivity index is 1.57. The van der Waals surface area contributed by atoms with Gasteiger partial charge in [0.05, 0.1) is 6.04 Å². The average molecular weight is 345 g/mol. The fourth-order valence-corrected chi connectivity index (χ4v) is 3.77. The van der Waals surface area contributed by atoms with Crippen LogP contribution in [-0.2, 0) is 0 Å². The van der Waals surface area contributed by atoms with E-state index in [1.807, 2.05) is 17.0 Å². The average Bonchev–Trinajstić information content (AvgIpc) is 3.14. The molecule has 2 aromatic heterocycles. The lowest BCUT2D eigenvalue weighted by Crippen LogP contribution is -2.53. The van der Waals surface area contributed by atoms with Crippen molar-refractivity contribution in [3.63, 3.8) is 0 Å². The molecule has 128 valence electrons. The molecule has 24 heavy (non-hydrogen) atoms. The first-order valence-corrected chi connectivity index (χ1v) is 9.14. The van der Waals surface area contributed by atoms with Crippen LogP contribution < -0.4 is 10.2 Å². The Morgan fingerprint density at radius 3 is 2.46 bits per heavy atom. The zero-order valence-electron chi connectivity index (χ0n) is 14.1. The van der Waals surface area contributed by atoms with Crippen molar-refractivity contribution in [2.45, 2.75) is 19.9 Å². The Morgan fingerprint density at radius 1 is 1.17 bits per heavy atom. The number of carbonyl (C=O) groups excluding carboxylic acids is 1. The molecule has 0 saturated carbocycles. The van der Waals surface area contributed by atoms with E-state index in [9.17, 15) is 4.79 Å². The van der Waals surface area contributed by atoms with Crippen LogP contribution in [0.4, 0.5) is 10.7 Å². The molecular formula is C17H23N5OS. The number of rotatable bonds is 4. The highest BCUT2D eigenvalue weighted by Gasteiger charge is 2.26. The van der Waals surface area contributed by atoms with Crippen molar-refractivity contribution in [2.24, 2.45) is 5.92 Å². The quantitative estimate of drug-likeness (QED) is 0.926. The normalized spacial score (nSPS) is 16.3. The molecule has 3 rings (SSSR count). The summed E-state index contributed by atoms with van der Waals surface area (Å²) in [7, 11) is 0. The van der Waals surface area contributed by atoms with Gasteiger partial charge < -0.3 is 15.1 Å². The monoisotopic (exact) mass is 345 g/mol. The Kier molecular flexibility index (Phi) is 5.30. The molecule has 2 aromatic rings. The predicted molar refractivity (Wildman–Crippen MR) is 96.2 cm³/mol. The highest BCUT2D eigenvalue weighted by atomic mass is 32.1. The summed E-state index contributed by atoms with van der Waals surface area (Å²) in [5.41, 5.74) is 0. The van der Waals surface area contributed by atoms with Crippen LogP contribution in [0.5, 0.6) is 0 Å². The molecule has 1 aliphatic rings. The molecule has 0 aromatic carbocycles. The van der Waals surface area contributed by atoms with Crippen LogP contribution in [0, 0.1) is 5.92 Å². The minimum atomic E-state index is 0.00994. The highest BCUT2D eigenvalue weighted by molar-refractivity contribution is 7.10. The van der Waals surface area contributed by atoms with E-state index >= 15 is 0 Å². The van der Waals surface area contributed by atoms with Crippen LogP contribution in [0.1, 0.15) is 24.8 Å². The van der Waals surface area contributed by atoms with Gasteiger partial charge in [0, 0.05) is 43.4 Å². The van der Waals surface area contributed by atoms with Gasteiger partial charge in [0.1, 0.15) is 0 Å². The third kappa shape index (κ3) is 3.84. The van der Waals surface area contributed by atoms with E-state index < -0.39 is 0 Å². The van der Waals surface area contributed by atoms with Crippen LogP contribution in [0.3, 0.4) is 0 Å². The highest BCUT2D eigenvalue weighted by Crippen LogP contribution is 2.26. The van der Waals surface area contributed by atoms with Crippen molar-refractivity contribution in [2.75, 3.05) is 31.1 Å². The Bertz CT molecular complexity index is 638. The number of hydrogen-bond donors (Lipinski definition) is 1. The SMILES string of the molecule is CC(C)C(NC(=O)N1CCN(c2ncccn2)CC1)c1cccs1. The number of carbonyl (C=O) groups is 1. The van der Waals surface area contributed by atoms with Crippen LogP contribution in [0.15, 0.2) is 36.0 Å². The Morgan fingerprint density at radius 2 is 1.88 bits per heavy atom. The summed E-state index contributed by atoms with van der Waals surface area (Å²) in [6.45, 7) is 7.13. The summed E-state index contributed by atoms with van der Waals surface area (Å²) in [5.74, 6) is 1.09. The number of anilines is 1. The molecule has 0 aliphatic carbocycles. The molecule has 0 radical (unpaired) electrons. The number of amides is 2. The standard InChI is InChI=1S/C17H23N5OS/c1-13(2)15(14-5-3-12-24-14)20-17(23)22-10-8-21(9-11-22)16-18-6-4-7-19-16/h3-7,12-13,15H,8-11H2,1-2H3,(H,20,23). The van der Waals surface area contributed by atoms with Crippen LogP contribution >= 0.6 is 11.3 Å². The first kappa shape index (κ1) is 16.7. The van der Waals surface area contributed by atoms with E-state index in [0.29, 0.717) is 19.0 Å². The summed E-state index contributed by atoms with van der Waals surface area (Å²) in [6.07, 6.45) is 3.49. The van der Waals surface area contributed by atoms with Crippen LogP contribution in [-0.4, -0.2) is 47.1 Å². The van der Waals surface area contributed by atoms with Gasteiger partial charge in [-0.3, -0.25) is 0 Å². The largest absolute Gasteiger partial charge is 0.337 e. The maximum atomic E-state index is 12.6. The van der Waals surface area contributed by atoms with Gasteiger partial charge in [0.25, 0.3) is 0 Å². The molecular weight excluding hydrogens is 322 g/mol. The van der Waals surface area contributed by atoms with Crippen molar-refractivity contribution < 1.29 is 4.79 Å². The minimum Gasteiger partial charge on any atom is -0.337 e. The second kappa shape index (κ2) is 7.61. The second-order valence-electron chi connectivity index (χ2n) is 6.21. The molecule has 3 heterocycles. The fraction of sp³-hybridized carbons (Fsp3) is 0.471. The van der Waals surface area contributed by atoms with Crippen LogP contribution in [0.25, 0.3) is 0 Å². The van der Waals surface area contributed by atoms with Gasteiger partial charge in [-0.25, -0.2) is 14.8 Å². The molecule has 1 fully saturated rings. The number of piperazine rings is 1. The topological polar surface area (TPSA) is 61.4 Å². The molecule has 1 atom stereocenters. The molecule has 6 nitrogen and oxygen atoms in total. The van der Waals surface area contributed by atoms with E-state index in [1.165, 1.54) is 4.88 Å². The Labute approximate surface area is 146 Å². The number of nitrogens with one attached hydrogen (secondary N) is 1. The third-order valence-corrected chi connectivity index (χ3v) is 5.15. The van der Waals surface area contributed by atoms with Crippen molar-refractivity contribution in [1.29, 1.82) is 0 Å². The maximum absolute atomic E-state index is 12.6. The number of aromatic nitrogens is 2. The van der Waals surface area contributed by atoms with Gasteiger partial charge in [0.2, 0.25) is 5.95 Å². The summed E-state index contributed by atoms with van der Waals surface area (Å²) in [6, 6.07) is 5.99. The van der Waals surface area contributed by atoms with E-state index in [4.69, 9.17) is 0 Å². The van der Waals surface area contributed by atoms with Gasteiger partial charge in [-0.2, -0.15) is 0 Å². The molecule has 1 N–H and O–H groups in total. The maximum Gasteiger partial charge on any atom is 0.318 e. The van der Waals surface area contributed by atoms with E-state index in [1.54, 1.807) is 23.7 Å². The number of urea groups is 1. The van der Waals surface area contributed by atoms with Crippen molar-refractivity contribution >= 4 is 23.3 Å². The van der Waals surface area contributed by atoms with Crippen LogP contribution in [0.2, 0.25) is 0 Å². The summed E-state index contributed by atoms with van der Waals surface area (Å²) >= 11 is 1.69. The number of nitrogens with zero attached hydrogens (tertiary/aromatic N) is 4. The molecule has 7 heteroatoms. The molecule has 1 saturated heterocycles. The van der Waals surface area contributed by atoms with Crippen molar-refractivity contribution in [3.05, 3.63) is 40.8 Å². The zero-order valence-corrected chi connectivity index (χ0v) is 14.9. The second-order valence-corrected chi connectivity index (χ2v) is 7.19. The first-order valence-electron chi connectivity index (χ1n) is 8.26. The molecule has 0 bridgehead atoms. The molecule has 1 unspecified atom stereocenters. The lowest BCUT2D eigenvalue weighted by Gasteiger charge is -2.35. The summed E-state index contributed by atoms with van der Waals surface area (Å²) in [4.78, 5) is 26.4.